The third-order valence-electron chi connectivity index (χ3n) is 4.09. The van der Waals surface area contributed by atoms with Gasteiger partial charge in [-0.3, -0.25) is 13.8 Å². The molecule has 150 valence electrons. The molecule has 1 unspecified atom stereocenters. The molecular formula is C19H20Br2NO5P. The van der Waals surface area contributed by atoms with Crippen molar-refractivity contribution in [2.24, 2.45) is 0 Å². The first-order valence-corrected chi connectivity index (χ1v) is 12.0. The minimum atomic E-state index is -3.75. The van der Waals surface area contributed by atoms with Crippen molar-refractivity contribution in [3.8, 4) is 5.75 Å². The topological polar surface area (TPSA) is 77.6 Å². The number of pyridine rings is 1. The molecule has 3 aromatic rings. The maximum absolute atomic E-state index is 13.0. The smallest absolute Gasteiger partial charge is 0.404 e. The number of hydrogen-bond donors (Lipinski definition) is 1. The van der Waals surface area contributed by atoms with Gasteiger partial charge in [-0.1, -0.05) is 13.3 Å². The Morgan fingerprint density at radius 2 is 1.86 bits per heavy atom. The summed E-state index contributed by atoms with van der Waals surface area (Å²) >= 11 is 6.93. The highest BCUT2D eigenvalue weighted by atomic mass is 79.9. The molecule has 1 N–H and O–H groups in total. The van der Waals surface area contributed by atoms with Gasteiger partial charge in [-0.15, -0.1) is 0 Å². The molecule has 0 bridgehead atoms. The van der Waals surface area contributed by atoms with Crippen LogP contribution in [0.2, 0.25) is 0 Å². The zero-order valence-electron chi connectivity index (χ0n) is 15.5. The Hall–Kier alpha value is -1.18. The monoisotopic (exact) mass is 531 g/mol. The average Bonchev–Trinajstić information content (AvgIpc) is 2.66. The largest absolute Gasteiger partial charge is 0.530 e. The van der Waals surface area contributed by atoms with Gasteiger partial charge in [0, 0.05) is 15.2 Å². The van der Waals surface area contributed by atoms with E-state index in [1.54, 1.807) is 37.3 Å². The molecule has 9 heteroatoms. The van der Waals surface area contributed by atoms with Crippen molar-refractivity contribution >= 4 is 61.5 Å². The Balaban J connectivity index is 2.02. The van der Waals surface area contributed by atoms with Gasteiger partial charge in [-0.05, 0) is 75.5 Å². The molecular weight excluding hydrogens is 513 g/mol. The molecule has 0 radical (unpaired) electrons. The van der Waals surface area contributed by atoms with E-state index in [-0.39, 0.29) is 24.4 Å². The second kappa shape index (κ2) is 9.09. The fourth-order valence-electron chi connectivity index (χ4n) is 2.72. The molecule has 6 nitrogen and oxygen atoms in total. The first-order chi connectivity index (χ1) is 13.4. The summed E-state index contributed by atoms with van der Waals surface area (Å²) in [5.41, 5.74) is 1.19. The summed E-state index contributed by atoms with van der Waals surface area (Å²) in [5, 5.41) is 0.961. The number of phosphoric acid groups is 1. The van der Waals surface area contributed by atoms with Crippen LogP contribution >= 0.6 is 39.7 Å². The summed E-state index contributed by atoms with van der Waals surface area (Å²) in [6, 6.07) is 8.44. The van der Waals surface area contributed by atoms with Crippen LogP contribution in [0.3, 0.4) is 0 Å². The van der Waals surface area contributed by atoms with Crippen LogP contribution in [0.5, 0.6) is 5.75 Å². The zero-order valence-corrected chi connectivity index (χ0v) is 19.5. The number of aromatic amines is 1. The zero-order chi connectivity index (χ0) is 20.3. The summed E-state index contributed by atoms with van der Waals surface area (Å²) in [5.74, 6) is 0.252. The Morgan fingerprint density at radius 3 is 2.57 bits per heavy atom. The van der Waals surface area contributed by atoms with Crippen LogP contribution in [-0.2, 0) is 13.6 Å². The van der Waals surface area contributed by atoms with E-state index in [2.05, 4.69) is 36.8 Å². The first kappa shape index (κ1) is 21.5. The lowest BCUT2D eigenvalue weighted by Crippen LogP contribution is -2.06. The number of phosphoric ester groups is 1. The fraction of sp³-hybridized carbons (Fsp3) is 0.316. The van der Waals surface area contributed by atoms with E-state index in [0.717, 1.165) is 21.8 Å². The molecule has 28 heavy (non-hydrogen) atoms. The highest BCUT2D eigenvalue weighted by Gasteiger charge is 2.28. The van der Waals surface area contributed by atoms with Gasteiger partial charge in [0.15, 0.2) is 5.43 Å². The number of aromatic nitrogens is 1. The molecule has 0 spiro atoms. The van der Waals surface area contributed by atoms with Gasteiger partial charge < -0.3 is 9.51 Å². The second-order valence-corrected chi connectivity index (χ2v) is 9.33. The molecule has 0 saturated heterocycles. The van der Waals surface area contributed by atoms with Gasteiger partial charge in [0.05, 0.1) is 28.7 Å². The summed E-state index contributed by atoms with van der Waals surface area (Å²) in [6.07, 6.45) is 1.64. The van der Waals surface area contributed by atoms with Crippen molar-refractivity contribution < 1.29 is 18.1 Å². The number of benzene rings is 2. The van der Waals surface area contributed by atoms with E-state index in [4.69, 9.17) is 13.6 Å². The molecule has 0 amide bonds. The van der Waals surface area contributed by atoms with Crippen molar-refractivity contribution in [3.63, 3.8) is 0 Å². The Bertz CT molecular complexity index is 1110. The van der Waals surface area contributed by atoms with E-state index in [1.807, 2.05) is 6.92 Å². The number of fused-ring (bicyclic) bond motifs is 2. The van der Waals surface area contributed by atoms with E-state index in [1.165, 1.54) is 0 Å². The molecule has 0 saturated carbocycles. The Kier molecular flexibility index (Phi) is 6.99. The lowest BCUT2D eigenvalue weighted by atomic mass is 10.1. The van der Waals surface area contributed by atoms with E-state index in [0.29, 0.717) is 21.8 Å². The normalized spacial score (nSPS) is 13.7. The van der Waals surface area contributed by atoms with Gasteiger partial charge in [0.25, 0.3) is 0 Å². The first-order valence-electron chi connectivity index (χ1n) is 8.91. The quantitative estimate of drug-likeness (QED) is 0.202. The number of rotatable bonds is 8. The maximum Gasteiger partial charge on any atom is 0.530 e. The van der Waals surface area contributed by atoms with Crippen molar-refractivity contribution in [2.45, 2.75) is 26.7 Å². The van der Waals surface area contributed by atoms with Gasteiger partial charge in [-0.25, -0.2) is 4.57 Å². The maximum atomic E-state index is 13.0. The van der Waals surface area contributed by atoms with E-state index < -0.39 is 7.82 Å². The lowest BCUT2D eigenvalue weighted by molar-refractivity contribution is 0.159. The molecule has 3 rings (SSSR count). The SMILES string of the molecule is CCCCOP(=O)(OCC)Oc1ccc2[nH]c3c(Br)c(Br)ccc3c(=O)c2c1. The third-order valence-corrected chi connectivity index (χ3v) is 7.61. The Labute approximate surface area is 179 Å². The number of hydrogen-bond acceptors (Lipinski definition) is 5. The van der Waals surface area contributed by atoms with Gasteiger partial charge in [0.1, 0.15) is 5.75 Å². The number of halogens is 2. The molecule has 1 aromatic heterocycles. The molecule has 1 heterocycles. The molecule has 0 aliphatic rings. The molecule has 1 atom stereocenters. The highest BCUT2D eigenvalue weighted by molar-refractivity contribution is 9.13. The van der Waals surface area contributed by atoms with Gasteiger partial charge in [-0.2, -0.15) is 0 Å². The number of nitrogens with one attached hydrogen (secondary N) is 1. The van der Waals surface area contributed by atoms with Crippen LogP contribution in [0, 0.1) is 0 Å². The second-order valence-electron chi connectivity index (χ2n) is 6.09. The summed E-state index contributed by atoms with van der Waals surface area (Å²) < 4.78 is 30.6. The van der Waals surface area contributed by atoms with Crippen LogP contribution in [0.15, 0.2) is 44.1 Å². The summed E-state index contributed by atoms with van der Waals surface area (Å²) in [4.78, 5) is 16.2. The number of H-pyrrole nitrogens is 1. The van der Waals surface area contributed by atoms with Gasteiger partial charge >= 0.3 is 7.82 Å². The van der Waals surface area contributed by atoms with E-state index in [9.17, 15) is 9.36 Å². The minimum Gasteiger partial charge on any atom is -0.404 e. The predicted molar refractivity (Wildman–Crippen MR) is 118 cm³/mol. The average molecular weight is 533 g/mol. The van der Waals surface area contributed by atoms with Crippen LogP contribution in [0.4, 0.5) is 0 Å². The summed E-state index contributed by atoms with van der Waals surface area (Å²) in [6.45, 7) is 4.18. The van der Waals surface area contributed by atoms with Crippen molar-refractivity contribution in [2.75, 3.05) is 13.2 Å². The molecule has 2 aromatic carbocycles. The van der Waals surface area contributed by atoms with Crippen LogP contribution in [0.25, 0.3) is 21.8 Å². The standard InChI is InChI=1S/C19H20Br2NO5P/c1-3-5-10-26-28(24,25-4-2)27-12-6-9-16-14(11-12)19(23)13-7-8-15(20)17(21)18(13)22-16/h6-9,11H,3-5,10H2,1-2H3,(H,22,23). The van der Waals surface area contributed by atoms with Crippen molar-refractivity contribution in [1.29, 1.82) is 0 Å². The van der Waals surface area contributed by atoms with Crippen molar-refractivity contribution in [1.82, 2.24) is 4.98 Å². The van der Waals surface area contributed by atoms with Crippen LogP contribution in [-0.4, -0.2) is 18.2 Å². The number of unbranched alkanes of at least 4 members (excludes halogenated alkanes) is 1. The van der Waals surface area contributed by atoms with Crippen LogP contribution in [0.1, 0.15) is 26.7 Å². The van der Waals surface area contributed by atoms with Crippen LogP contribution < -0.4 is 9.95 Å². The third kappa shape index (κ3) is 4.52. The Morgan fingerprint density at radius 1 is 1.07 bits per heavy atom. The fourth-order valence-corrected chi connectivity index (χ4v) is 4.71. The van der Waals surface area contributed by atoms with E-state index >= 15 is 0 Å². The summed E-state index contributed by atoms with van der Waals surface area (Å²) in [7, 11) is -3.75. The molecule has 0 fully saturated rings. The highest BCUT2D eigenvalue weighted by Crippen LogP contribution is 2.49. The lowest BCUT2D eigenvalue weighted by Gasteiger charge is -2.18. The minimum absolute atomic E-state index is 0.152. The molecule has 0 aliphatic carbocycles. The molecule has 0 aliphatic heterocycles. The van der Waals surface area contributed by atoms with Crippen molar-refractivity contribution in [3.05, 3.63) is 49.5 Å². The predicted octanol–water partition coefficient (Wildman–Crippen LogP) is 6.55. The van der Waals surface area contributed by atoms with Gasteiger partial charge in [0.2, 0.25) is 0 Å².